The fourth-order valence-corrected chi connectivity index (χ4v) is 3.27. The van der Waals surface area contributed by atoms with Gasteiger partial charge in [-0.2, -0.15) is 0 Å². The minimum absolute atomic E-state index is 0.136. The maximum Gasteiger partial charge on any atom is 0.191 e. The first-order valence-electron chi connectivity index (χ1n) is 7.69. The zero-order chi connectivity index (χ0) is 17.8. The quantitative estimate of drug-likeness (QED) is 0.488. The van der Waals surface area contributed by atoms with Gasteiger partial charge in [0.2, 0.25) is 0 Å². The summed E-state index contributed by atoms with van der Waals surface area (Å²) < 4.78 is 28.7. The first kappa shape index (κ1) is 17.3. The molecule has 0 aliphatic carbocycles. The molecule has 3 aromatic rings. The number of ketones is 1. The average Bonchev–Trinajstić information content (AvgIpc) is 3.03. The van der Waals surface area contributed by atoms with Crippen molar-refractivity contribution in [3.8, 4) is 11.4 Å². The van der Waals surface area contributed by atoms with E-state index in [2.05, 4.69) is 10.2 Å². The van der Waals surface area contributed by atoms with Crippen LogP contribution in [0.1, 0.15) is 17.3 Å². The molecule has 3 rings (SSSR count). The van der Waals surface area contributed by atoms with E-state index in [9.17, 15) is 13.6 Å². The second kappa shape index (κ2) is 7.57. The van der Waals surface area contributed by atoms with Gasteiger partial charge in [0.1, 0.15) is 11.6 Å². The number of carbonyl (C=O) groups excluding carboxylic acids is 1. The number of nitrogens with zero attached hydrogens (tertiary/aromatic N) is 3. The Morgan fingerprint density at radius 3 is 2.48 bits per heavy atom. The predicted octanol–water partition coefficient (Wildman–Crippen LogP) is 4.22. The van der Waals surface area contributed by atoms with Gasteiger partial charge >= 0.3 is 0 Å². The van der Waals surface area contributed by atoms with Gasteiger partial charge in [0.15, 0.2) is 16.8 Å². The number of Topliss-reactive ketones (excluding diaryl/α,β-unsaturated/α-hetero) is 1. The van der Waals surface area contributed by atoms with Crippen LogP contribution in [0.4, 0.5) is 8.78 Å². The summed E-state index contributed by atoms with van der Waals surface area (Å²) in [7, 11) is 0. The Labute approximate surface area is 147 Å². The monoisotopic (exact) mass is 359 g/mol. The molecule has 25 heavy (non-hydrogen) atoms. The average molecular weight is 359 g/mol. The number of thioether (sulfide) groups is 1. The van der Waals surface area contributed by atoms with Crippen LogP contribution in [0.25, 0.3) is 11.4 Å². The van der Waals surface area contributed by atoms with Crippen molar-refractivity contribution in [3.63, 3.8) is 0 Å². The Morgan fingerprint density at radius 2 is 1.80 bits per heavy atom. The topological polar surface area (TPSA) is 47.8 Å². The summed E-state index contributed by atoms with van der Waals surface area (Å²) in [5.41, 5.74) is 0.805. The van der Waals surface area contributed by atoms with Crippen LogP contribution >= 0.6 is 11.8 Å². The number of benzene rings is 2. The lowest BCUT2D eigenvalue weighted by atomic mass is 10.1. The highest BCUT2D eigenvalue weighted by Gasteiger charge is 2.17. The van der Waals surface area contributed by atoms with Crippen LogP contribution < -0.4 is 0 Å². The maximum atomic E-state index is 14.0. The highest BCUT2D eigenvalue weighted by molar-refractivity contribution is 7.99. The number of carbonyl (C=O) groups is 1. The molecule has 0 aliphatic heterocycles. The Balaban J connectivity index is 1.78. The van der Waals surface area contributed by atoms with E-state index in [0.29, 0.717) is 28.7 Å². The van der Waals surface area contributed by atoms with Crippen molar-refractivity contribution >= 4 is 17.5 Å². The second-order valence-corrected chi connectivity index (χ2v) is 6.19. The van der Waals surface area contributed by atoms with Gasteiger partial charge < -0.3 is 4.57 Å². The number of hydrogen-bond donors (Lipinski definition) is 0. The van der Waals surface area contributed by atoms with Crippen LogP contribution in [0, 0.1) is 11.6 Å². The summed E-state index contributed by atoms with van der Waals surface area (Å²) in [5.74, 6) is -0.325. The van der Waals surface area contributed by atoms with Gasteiger partial charge in [-0.25, -0.2) is 8.78 Å². The van der Waals surface area contributed by atoms with Crippen LogP contribution in [-0.4, -0.2) is 26.3 Å². The summed E-state index contributed by atoms with van der Waals surface area (Å²) in [6.45, 7) is 2.45. The van der Waals surface area contributed by atoms with Crippen molar-refractivity contribution in [1.29, 1.82) is 0 Å². The fourth-order valence-electron chi connectivity index (χ4n) is 2.37. The standard InChI is InChI=1S/C18H15F2N3OS/c1-2-23-17(14-5-3-4-6-15(14)20)21-22-18(23)25-11-16(24)12-7-9-13(19)10-8-12/h3-10H,2,11H2,1H3. The molecule has 1 heterocycles. The van der Waals surface area contributed by atoms with Crippen LogP contribution in [0.5, 0.6) is 0 Å². The normalized spacial score (nSPS) is 10.8. The number of rotatable bonds is 6. The third-order valence-electron chi connectivity index (χ3n) is 3.65. The Morgan fingerprint density at radius 1 is 1.08 bits per heavy atom. The Kier molecular flexibility index (Phi) is 5.23. The number of aromatic nitrogens is 3. The van der Waals surface area contributed by atoms with Crippen LogP contribution in [-0.2, 0) is 6.54 Å². The van der Waals surface area contributed by atoms with Crippen LogP contribution in [0.15, 0.2) is 53.7 Å². The molecule has 2 aromatic carbocycles. The molecule has 0 N–H and O–H groups in total. The summed E-state index contributed by atoms with van der Waals surface area (Å²) in [6, 6.07) is 11.8. The van der Waals surface area contributed by atoms with Gasteiger partial charge in [-0.3, -0.25) is 4.79 Å². The van der Waals surface area contributed by atoms with Crippen molar-refractivity contribution < 1.29 is 13.6 Å². The van der Waals surface area contributed by atoms with E-state index >= 15 is 0 Å². The molecule has 128 valence electrons. The molecule has 1 aromatic heterocycles. The lowest BCUT2D eigenvalue weighted by Crippen LogP contribution is -2.05. The molecular formula is C18H15F2N3OS. The summed E-state index contributed by atoms with van der Waals surface area (Å²) >= 11 is 1.22. The number of halogens is 2. The Bertz CT molecular complexity index is 894. The van der Waals surface area contributed by atoms with Crippen LogP contribution in [0.2, 0.25) is 0 Å². The molecular weight excluding hydrogens is 344 g/mol. The minimum Gasteiger partial charge on any atom is -0.302 e. The SMILES string of the molecule is CCn1c(SCC(=O)c2ccc(F)cc2)nnc1-c1ccccc1F. The smallest absolute Gasteiger partial charge is 0.191 e. The molecule has 0 aliphatic rings. The molecule has 0 spiro atoms. The van der Waals surface area contributed by atoms with Gasteiger partial charge in [-0.05, 0) is 43.3 Å². The van der Waals surface area contributed by atoms with Gasteiger partial charge in [0.25, 0.3) is 0 Å². The predicted molar refractivity (Wildman–Crippen MR) is 92.5 cm³/mol. The molecule has 0 bridgehead atoms. The fraction of sp³-hybridized carbons (Fsp3) is 0.167. The van der Waals surface area contributed by atoms with Crippen molar-refractivity contribution in [2.45, 2.75) is 18.6 Å². The largest absolute Gasteiger partial charge is 0.302 e. The molecule has 0 atom stereocenters. The third-order valence-corrected chi connectivity index (χ3v) is 4.61. The van der Waals surface area contributed by atoms with E-state index < -0.39 is 0 Å². The van der Waals surface area contributed by atoms with Crippen molar-refractivity contribution in [1.82, 2.24) is 14.8 Å². The molecule has 0 unspecified atom stereocenters. The molecule has 7 heteroatoms. The first-order valence-corrected chi connectivity index (χ1v) is 8.68. The molecule has 0 saturated carbocycles. The maximum absolute atomic E-state index is 14.0. The zero-order valence-electron chi connectivity index (χ0n) is 13.4. The lowest BCUT2D eigenvalue weighted by molar-refractivity contribution is 0.102. The van der Waals surface area contributed by atoms with Gasteiger partial charge in [-0.15, -0.1) is 10.2 Å². The summed E-state index contributed by atoms with van der Waals surface area (Å²) in [6.07, 6.45) is 0. The minimum atomic E-state index is -0.385. The zero-order valence-corrected chi connectivity index (χ0v) is 14.3. The molecule has 0 saturated heterocycles. The first-order chi connectivity index (χ1) is 12.1. The van der Waals surface area contributed by atoms with E-state index in [0.717, 1.165) is 0 Å². The molecule has 4 nitrogen and oxygen atoms in total. The van der Waals surface area contributed by atoms with E-state index in [1.165, 1.54) is 42.1 Å². The van der Waals surface area contributed by atoms with Gasteiger partial charge in [0.05, 0.1) is 11.3 Å². The highest BCUT2D eigenvalue weighted by Crippen LogP contribution is 2.26. The second-order valence-electron chi connectivity index (χ2n) is 5.25. The van der Waals surface area contributed by atoms with Gasteiger partial charge in [0, 0.05) is 12.1 Å². The lowest BCUT2D eigenvalue weighted by Gasteiger charge is -2.07. The van der Waals surface area contributed by atoms with Gasteiger partial charge in [-0.1, -0.05) is 23.9 Å². The van der Waals surface area contributed by atoms with E-state index in [1.54, 1.807) is 22.8 Å². The van der Waals surface area contributed by atoms with Crippen molar-refractivity contribution in [2.24, 2.45) is 0 Å². The molecule has 0 fully saturated rings. The Hall–Kier alpha value is -2.54. The van der Waals surface area contributed by atoms with E-state index in [-0.39, 0.29) is 23.2 Å². The van der Waals surface area contributed by atoms with Crippen LogP contribution in [0.3, 0.4) is 0 Å². The van der Waals surface area contributed by atoms with Crippen molar-refractivity contribution in [3.05, 3.63) is 65.7 Å². The summed E-state index contributed by atoms with van der Waals surface area (Å²) in [4.78, 5) is 12.2. The van der Waals surface area contributed by atoms with E-state index in [4.69, 9.17) is 0 Å². The number of hydrogen-bond acceptors (Lipinski definition) is 4. The van der Waals surface area contributed by atoms with Crippen molar-refractivity contribution in [2.75, 3.05) is 5.75 Å². The molecule has 0 amide bonds. The van der Waals surface area contributed by atoms with E-state index in [1.807, 2.05) is 6.92 Å². The summed E-state index contributed by atoms with van der Waals surface area (Å²) in [5, 5.41) is 8.69. The third kappa shape index (κ3) is 3.76. The highest BCUT2D eigenvalue weighted by atomic mass is 32.2. The molecule has 0 radical (unpaired) electrons.